The van der Waals surface area contributed by atoms with Crippen LogP contribution in [0.1, 0.15) is 70.9 Å². The van der Waals surface area contributed by atoms with Crippen molar-refractivity contribution < 1.29 is 19.2 Å². The normalized spacial score (nSPS) is 17.5. The monoisotopic (exact) mass is 476 g/mol. The minimum atomic E-state index is -0.559. The van der Waals surface area contributed by atoms with Crippen LogP contribution in [-0.2, 0) is 9.59 Å². The summed E-state index contributed by atoms with van der Waals surface area (Å²) in [7, 11) is 0. The van der Waals surface area contributed by atoms with Gasteiger partial charge in [-0.25, -0.2) is 0 Å². The Kier molecular flexibility index (Phi) is 7.60. The lowest BCUT2D eigenvalue weighted by Crippen LogP contribution is -2.51. The number of ketones is 2. The van der Waals surface area contributed by atoms with Gasteiger partial charge in [0.25, 0.3) is 0 Å². The molecule has 2 amide bonds. The van der Waals surface area contributed by atoms with Crippen LogP contribution in [-0.4, -0.2) is 60.0 Å². The molecule has 2 aromatic rings. The first kappa shape index (κ1) is 24.6. The molecule has 8 heteroatoms. The van der Waals surface area contributed by atoms with Gasteiger partial charge < -0.3 is 21.3 Å². The number of nitrogens with two attached hydrogens (primary N) is 1. The molecule has 2 aliphatic rings. The first-order valence-electron chi connectivity index (χ1n) is 12.3. The van der Waals surface area contributed by atoms with Crippen molar-refractivity contribution >= 4 is 29.1 Å². The maximum atomic E-state index is 13.1. The van der Waals surface area contributed by atoms with Gasteiger partial charge in [-0.1, -0.05) is 49.7 Å². The Balaban J connectivity index is 1.31. The molecule has 35 heavy (non-hydrogen) atoms. The summed E-state index contributed by atoms with van der Waals surface area (Å²) in [4.78, 5) is 52.9. The molecule has 0 spiro atoms. The van der Waals surface area contributed by atoms with Gasteiger partial charge in [0.1, 0.15) is 6.04 Å². The van der Waals surface area contributed by atoms with Crippen molar-refractivity contribution in [3.05, 3.63) is 64.7 Å². The third kappa shape index (κ3) is 4.98. The fourth-order valence-electron chi connectivity index (χ4n) is 4.88. The van der Waals surface area contributed by atoms with Crippen molar-refractivity contribution in [2.24, 2.45) is 5.73 Å². The lowest BCUT2D eigenvalue weighted by atomic mass is 9.83. The molecule has 4 N–H and O–H groups in total. The van der Waals surface area contributed by atoms with Gasteiger partial charge in [0, 0.05) is 42.0 Å². The highest BCUT2D eigenvalue weighted by molar-refractivity contribution is 6.30. The number of anilines is 1. The maximum absolute atomic E-state index is 13.1. The van der Waals surface area contributed by atoms with E-state index in [4.69, 9.17) is 5.73 Å². The minimum absolute atomic E-state index is 0.152. The molecule has 1 fully saturated rings. The van der Waals surface area contributed by atoms with Gasteiger partial charge in [0.2, 0.25) is 11.8 Å². The Bertz CT molecular complexity index is 1150. The minimum Gasteiger partial charge on any atom is -0.384 e. The van der Waals surface area contributed by atoms with Crippen molar-refractivity contribution in [3.8, 4) is 0 Å². The second-order valence-electron chi connectivity index (χ2n) is 9.09. The predicted molar refractivity (Wildman–Crippen MR) is 133 cm³/mol. The summed E-state index contributed by atoms with van der Waals surface area (Å²) in [6.07, 6.45) is 3.48. The van der Waals surface area contributed by atoms with Crippen LogP contribution in [0.25, 0.3) is 0 Å². The quantitative estimate of drug-likeness (QED) is 0.408. The number of rotatable bonds is 9. The molecule has 1 aliphatic heterocycles. The smallest absolute Gasteiger partial charge is 0.242 e. The highest BCUT2D eigenvalue weighted by Gasteiger charge is 2.35. The molecular formula is C27H32N4O4. The molecule has 0 saturated carbocycles. The average Bonchev–Trinajstić information content (AvgIpc) is 3.36. The molecule has 4 rings (SSSR count). The lowest BCUT2D eigenvalue weighted by molar-refractivity contribution is -0.139. The summed E-state index contributed by atoms with van der Waals surface area (Å²) in [5.41, 5.74) is 8.23. The number of nitrogens with zero attached hydrogens (tertiary/aromatic N) is 1. The van der Waals surface area contributed by atoms with E-state index in [0.29, 0.717) is 66.8 Å². The molecule has 8 nitrogen and oxygen atoms in total. The van der Waals surface area contributed by atoms with Gasteiger partial charge in [-0.05, 0) is 31.7 Å². The molecule has 1 saturated heterocycles. The average molecular weight is 477 g/mol. The molecule has 1 aliphatic carbocycles. The summed E-state index contributed by atoms with van der Waals surface area (Å²) < 4.78 is 0. The van der Waals surface area contributed by atoms with Crippen LogP contribution in [0.5, 0.6) is 0 Å². The summed E-state index contributed by atoms with van der Waals surface area (Å²) in [5, 5.41) is 6.17. The zero-order valence-electron chi connectivity index (χ0n) is 20.0. The summed E-state index contributed by atoms with van der Waals surface area (Å²) >= 11 is 0. The molecule has 0 bridgehead atoms. The second kappa shape index (κ2) is 10.8. The van der Waals surface area contributed by atoms with Crippen molar-refractivity contribution in [2.45, 2.75) is 51.1 Å². The topological polar surface area (TPSA) is 122 Å². The molecule has 0 unspecified atom stereocenters. The highest BCUT2D eigenvalue weighted by Crippen LogP contribution is 2.31. The van der Waals surface area contributed by atoms with E-state index in [9.17, 15) is 19.2 Å². The van der Waals surface area contributed by atoms with Crippen molar-refractivity contribution in [1.29, 1.82) is 0 Å². The van der Waals surface area contributed by atoms with Crippen LogP contribution in [0.15, 0.2) is 42.5 Å². The molecule has 2 atom stereocenters. The van der Waals surface area contributed by atoms with Crippen LogP contribution in [0.2, 0.25) is 0 Å². The van der Waals surface area contributed by atoms with Gasteiger partial charge >= 0.3 is 0 Å². The van der Waals surface area contributed by atoms with Gasteiger partial charge in [0.05, 0.1) is 11.6 Å². The van der Waals surface area contributed by atoms with E-state index < -0.39 is 12.1 Å². The SMILES string of the molecule is CCC[C@H](N)C(=O)N1CCC[C@H]1C(=O)NCCCNc1cccc2c1C(=O)c1ccccc1C2=O. The maximum Gasteiger partial charge on any atom is 0.242 e. The molecule has 184 valence electrons. The van der Waals surface area contributed by atoms with E-state index in [1.165, 1.54) is 0 Å². The van der Waals surface area contributed by atoms with Crippen molar-refractivity contribution in [2.75, 3.05) is 25.0 Å². The number of carbonyl (C=O) groups is 4. The Labute approximate surface area is 205 Å². The molecule has 2 aromatic carbocycles. The van der Waals surface area contributed by atoms with Crippen molar-refractivity contribution in [1.82, 2.24) is 10.2 Å². The van der Waals surface area contributed by atoms with Gasteiger partial charge in [-0.2, -0.15) is 0 Å². The van der Waals surface area contributed by atoms with Crippen molar-refractivity contribution in [3.63, 3.8) is 0 Å². The summed E-state index contributed by atoms with van der Waals surface area (Å²) in [6.45, 7) is 3.48. The first-order valence-corrected chi connectivity index (χ1v) is 12.3. The summed E-state index contributed by atoms with van der Waals surface area (Å²) in [6, 6.07) is 11.1. The Morgan fingerprint density at radius 2 is 1.74 bits per heavy atom. The molecule has 1 heterocycles. The number of hydrogen-bond donors (Lipinski definition) is 3. The van der Waals surface area contributed by atoms with Crippen LogP contribution in [0, 0.1) is 0 Å². The van der Waals surface area contributed by atoms with Gasteiger partial charge in [-0.3, -0.25) is 19.2 Å². The van der Waals surface area contributed by atoms with Gasteiger partial charge in [-0.15, -0.1) is 0 Å². The summed E-state index contributed by atoms with van der Waals surface area (Å²) in [5.74, 6) is -0.630. The Morgan fingerprint density at radius 1 is 1.03 bits per heavy atom. The Morgan fingerprint density at radius 3 is 2.49 bits per heavy atom. The van der Waals surface area contributed by atoms with E-state index in [0.717, 1.165) is 12.8 Å². The van der Waals surface area contributed by atoms with E-state index in [1.807, 2.05) is 6.92 Å². The molecular weight excluding hydrogens is 444 g/mol. The number of nitrogens with one attached hydrogen (secondary N) is 2. The first-order chi connectivity index (χ1) is 16.9. The Hall–Kier alpha value is -3.52. The van der Waals surface area contributed by atoms with Crippen LogP contribution in [0.3, 0.4) is 0 Å². The van der Waals surface area contributed by atoms with Gasteiger partial charge in [0.15, 0.2) is 11.6 Å². The number of benzene rings is 2. The number of carbonyl (C=O) groups excluding carboxylic acids is 4. The third-order valence-corrected chi connectivity index (χ3v) is 6.68. The molecule has 0 aromatic heterocycles. The highest BCUT2D eigenvalue weighted by atomic mass is 16.2. The number of fused-ring (bicyclic) bond motifs is 2. The van der Waals surface area contributed by atoms with Crippen LogP contribution < -0.4 is 16.4 Å². The van der Waals surface area contributed by atoms with E-state index in [1.54, 1.807) is 47.4 Å². The number of hydrogen-bond acceptors (Lipinski definition) is 6. The van der Waals surface area contributed by atoms with E-state index in [-0.39, 0.29) is 23.4 Å². The lowest BCUT2D eigenvalue weighted by Gasteiger charge is -2.26. The van der Waals surface area contributed by atoms with E-state index in [2.05, 4.69) is 10.6 Å². The zero-order valence-corrected chi connectivity index (χ0v) is 20.0. The zero-order chi connectivity index (χ0) is 24.9. The predicted octanol–water partition coefficient (Wildman–Crippen LogP) is 2.50. The standard InChI is InChI=1S/C27H32N4O4/c1-2-8-20(28)27(35)31-16-6-13-22(31)26(34)30-15-7-14-29-21-12-5-11-19-23(21)25(33)18-10-4-3-9-17(18)24(19)32/h3-5,9-12,20,22,29H,2,6-8,13-16,28H2,1H3,(H,30,34)/t20-,22-/m0/s1. The number of likely N-dealkylation sites (tertiary alicyclic amines) is 1. The fourth-order valence-corrected chi connectivity index (χ4v) is 4.88. The largest absolute Gasteiger partial charge is 0.384 e. The van der Waals surface area contributed by atoms with Crippen LogP contribution in [0.4, 0.5) is 5.69 Å². The fraction of sp³-hybridized carbons (Fsp3) is 0.407. The van der Waals surface area contributed by atoms with E-state index >= 15 is 0 Å². The second-order valence-corrected chi connectivity index (χ2v) is 9.09. The third-order valence-electron chi connectivity index (χ3n) is 6.68. The number of amides is 2. The van der Waals surface area contributed by atoms with Crippen LogP contribution >= 0.6 is 0 Å². The molecule has 0 radical (unpaired) electrons.